The molecule has 0 spiro atoms. The quantitative estimate of drug-likeness (QED) is 0.496. The highest BCUT2D eigenvalue weighted by Gasteiger charge is 2.24. The summed E-state index contributed by atoms with van der Waals surface area (Å²) in [6, 6.07) is 10.3. The summed E-state index contributed by atoms with van der Waals surface area (Å²) in [5.74, 6) is 0.819. The second-order valence-electron chi connectivity index (χ2n) is 5.21. The summed E-state index contributed by atoms with van der Waals surface area (Å²) < 4.78 is 5.39. The fraction of sp³-hybridized carbons (Fsp3) is 0.250. The Kier molecular flexibility index (Phi) is 4.55. The molecular formula is C16H16N4O4. The van der Waals surface area contributed by atoms with E-state index in [1.807, 2.05) is 24.3 Å². The second-order valence-corrected chi connectivity index (χ2v) is 5.21. The van der Waals surface area contributed by atoms with Gasteiger partial charge in [-0.25, -0.2) is 4.98 Å². The molecule has 2 heterocycles. The third kappa shape index (κ3) is 3.27. The summed E-state index contributed by atoms with van der Waals surface area (Å²) in [6.07, 6.45) is 2.12. The van der Waals surface area contributed by atoms with Gasteiger partial charge in [-0.15, -0.1) is 0 Å². The second kappa shape index (κ2) is 6.95. The first-order valence-electron chi connectivity index (χ1n) is 7.52. The van der Waals surface area contributed by atoms with Crippen molar-refractivity contribution in [2.24, 2.45) is 0 Å². The molecule has 1 aromatic carbocycles. The normalized spacial score (nSPS) is 13.2. The van der Waals surface area contributed by atoms with Gasteiger partial charge in [0, 0.05) is 25.4 Å². The largest absolute Gasteiger partial charge is 0.482 e. The van der Waals surface area contributed by atoms with Crippen LogP contribution in [0.4, 0.5) is 17.2 Å². The van der Waals surface area contributed by atoms with E-state index in [-0.39, 0.29) is 24.0 Å². The van der Waals surface area contributed by atoms with Gasteiger partial charge in [0.2, 0.25) is 5.82 Å². The smallest absolute Gasteiger partial charge is 0.311 e. The number of para-hydroxylation sites is 2. The maximum atomic E-state index is 12.0. The number of hydrogen-bond donors (Lipinski definition) is 1. The average molecular weight is 328 g/mol. The van der Waals surface area contributed by atoms with Crippen LogP contribution < -0.4 is 15.0 Å². The van der Waals surface area contributed by atoms with Crippen LogP contribution in [0.1, 0.15) is 6.42 Å². The first-order valence-corrected chi connectivity index (χ1v) is 7.52. The lowest BCUT2D eigenvalue weighted by atomic mass is 10.2. The highest BCUT2D eigenvalue weighted by atomic mass is 16.6. The van der Waals surface area contributed by atoms with Gasteiger partial charge >= 0.3 is 5.69 Å². The monoisotopic (exact) mass is 328 g/mol. The number of nitrogens with one attached hydrogen (secondary N) is 1. The van der Waals surface area contributed by atoms with E-state index in [4.69, 9.17) is 4.74 Å². The maximum absolute atomic E-state index is 12.0. The molecule has 1 N–H and O–H groups in total. The summed E-state index contributed by atoms with van der Waals surface area (Å²) in [4.78, 5) is 28.2. The van der Waals surface area contributed by atoms with Crippen LogP contribution in [0.3, 0.4) is 0 Å². The molecule has 3 rings (SSSR count). The minimum atomic E-state index is -0.475. The Balaban J connectivity index is 1.60. The lowest BCUT2D eigenvalue weighted by Crippen LogP contribution is -2.39. The van der Waals surface area contributed by atoms with Crippen LogP contribution in [0.5, 0.6) is 5.75 Å². The zero-order valence-corrected chi connectivity index (χ0v) is 12.8. The standard InChI is InChI=1S/C16H16N4O4/c21-15-11-24-14-7-2-1-5-12(14)19(15)10-4-9-18-16-13(20(22)23)6-3-8-17-16/h1-3,5-8H,4,9-11H2,(H,17,18). The molecule has 0 saturated carbocycles. The first-order chi connectivity index (χ1) is 11.7. The molecule has 1 aliphatic heterocycles. The average Bonchev–Trinajstić information content (AvgIpc) is 2.60. The van der Waals surface area contributed by atoms with Gasteiger partial charge in [-0.1, -0.05) is 12.1 Å². The Morgan fingerprint density at radius 1 is 1.29 bits per heavy atom. The van der Waals surface area contributed by atoms with Crippen molar-refractivity contribution in [1.82, 2.24) is 4.98 Å². The Morgan fingerprint density at radius 3 is 2.96 bits per heavy atom. The molecule has 0 radical (unpaired) electrons. The van der Waals surface area contributed by atoms with Gasteiger partial charge in [-0.2, -0.15) is 0 Å². The molecule has 24 heavy (non-hydrogen) atoms. The van der Waals surface area contributed by atoms with Gasteiger partial charge in [0.1, 0.15) is 5.75 Å². The van der Waals surface area contributed by atoms with Crippen LogP contribution in [0.2, 0.25) is 0 Å². The molecule has 0 bridgehead atoms. The lowest BCUT2D eigenvalue weighted by Gasteiger charge is -2.29. The molecule has 0 fully saturated rings. The number of nitrogens with zero attached hydrogens (tertiary/aromatic N) is 3. The summed E-state index contributed by atoms with van der Waals surface area (Å²) in [6.45, 7) is 0.980. The predicted molar refractivity (Wildman–Crippen MR) is 88.3 cm³/mol. The van der Waals surface area contributed by atoms with Crippen molar-refractivity contribution in [1.29, 1.82) is 0 Å². The Morgan fingerprint density at radius 2 is 2.12 bits per heavy atom. The number of fused-ring (bicyclic) bond motifs is 1. The molecular weight excluding hydrogens is 312 g/mol. The SMILES string of the molecule is O=C1COc2ccccc2N1CCCNc1ncccc1[N+](=O)[O-]. The number of benzene rings is 1. The van der Waals surface area contributed by atoms with E-state index < -0.39 is 4.92 Å². The Labute approximate surface area is 138 Å². The molecule has 1 aromatic heterocycles. The number of nitro groups is 1. The molecule has 0 aliphatic carbocycles. The van der Waals surface area contributed by atoms with E-state index in [1.165, 1.54) is 18.3 Å². The van der Waals surface area contributed by atoms with E-state index in [0.717, 1.165) is 5.69 Å². The number of hydrogen-bond acceptors (Lipinski definition) is 6. The molecule has 1 amide bonds. The Bertz CT molecular complexity index is 765. The highest BCUT2D eigenvalue weighted by molar-refractivity contribution is 5.97. The van der Waals surface area contributed by atoms with Gasteiger partial charge < -0.3 is 15.0 Å². The minimum absolute atomic E-state index is 0.0240. The number of carbonyl (C=O) groups excluding carboxylic acids is 1. The van der Waals surface area contributed by atoms with Crippen LogP contribution in [0.15, 0.2) is 42.6 Å². The van der Waals surface area contributed by atoms with Crippen molar-refractivity contribution >= 4 is 23.1 Å². The first kappa shape index (κ1) is 15.7. The van der Waals surface area contributed by atoms with E-state index in [9.17, 15) is 14.9 Å². The summed E-state index contributed by atoms with van der Waals surface area (Å²) in [5.41, 5.74) is 0.683. The highest BCUT2D eigenvalue weighted by Crippen LogP contribution is 2.31. The van der Waals surface area contributed by atoms with Crippen molar-refractivity contribution < 1.29 is 14.5 Å². The van der Waals surface area contributed by atoms with Crippen LogP contribution in [0, 0.1) is 10.1 Å². The zero-order chi connectivity index (χ0) is 16.9. The maximum Gasteiger partial charge on any atom is 0.311 e. The van der Waals surface area contributed by atoms with Gasteiger partial charge in [-0.3, -0.25) is 14.9 Å². The van der Waals surface area contributed by atoms with Crippen molar-refractivity contribution in [2.75, 3.05) is 29.9 Å². The Hall–Kier alpha value is -3.16. The minimum Gasteiger partial charge on any atom is -0.482 e. The number of ether oxygens (including phenoxy) is 1. The topological polar surface area (TPSA) is 97.6 Å². The molecule has 124 valence electrons. The number of pyridine rings is 1. The van der Waals surface area contributed by atoms with Gasteiger partial charge in [-0.05, 0) is 24.6 Å². The third-order valence-electron chi connectivity index (χ3n) is 3.64. The van der Waals surface area contributed by atoms with E-state index >= 15 is 0 Å². The van der Waals surface area contributed by atoms with E-state index in [0.29, 0.717) is 25.3 Å². The number of amides is 1. The molecule has 8 heteroatoms. The molecule has 1 aliphatic rings. The van der Waals surface area contributed by atoms with E-state index in [2.05, 4.69) is 10.3 Å². The van der Waals surface area contributed by atoms with Crippen LogP contribution >= 0.6 is 0 Å². The molecule has 2 aromatic rings. The summed E-state index contributed by atoms with van der Waals surface area (Å²) in [7, 11) is 0. The number of rotatable bonds is 6. The number of anilines is 2. The summed E-state index contributed by atoms with van der Waals surface area (Å²) in [5, 5.41) is 13.9. The van der Waals surface area contributed by atoms with Crippen LogP contribution in [-0.4, -0.2) is 35.5 Å². The van der Waals surface area contributed by atoms with Crippen LogP contribution in [-0.2, 0) is 4.79 Å². The van der Waals surface area contributed by atoms with E-state index in [1.54, 1.807) is 4.90 Å². The molecule has 0 unspecified atom stereocenters. The van der Waals surface area contributed by atoms with Crippen molar-refractivity contribution in [3.8, 4) is 5.75 Å². The molecule has 0 saturated heterocycles. The predicted octanol–water partition coefficient (Wildman–Crippen LogP) is 2.22. The van der Waals surface area contributed by atoms with Crippen molar-refractivity contribution in [2.45, 2.75) is 6.42 Å². The van der Waals surface area contributed by atoms with Gasteiger partial charge in [0.05, 0.1) is 10.6 Å². The van der Waals surface area contributed by atoms with Crippen LogP contribution in [0.25, 0.3) is 0 Å². The number of aromatic nitrogens is 1. The van der Waals surface area contributed by atoms with Crippen molar-refractivity contribution in [3.05, 3.63) is 52.7 Å². The molecule has 8 nitrogen and oxygen atoms in total. The van der Waals surface area contributed by atoms with Gasteiger partial charge in [0.15, 0.2) is 6.61 Å². The van der Waals surface area contributed by atoms with Crippen molar-refractivity contribution in [3.63, 3.8) is 0 Å². The zero-order valence-electron chi connectivity index (χ0n) is 12.8. The fourth-order valence-electron chi connectivity index (χ4n) is 2.52. The molecule has 0 atom stereocenters. The number of carbonyl (C=O) groups is 1. The lowest BCUT2D eigenvalue weighted by molar-refractivity contribution is -0.384. The van der Waals surface area contributed by atoms with Gasteiger partial charge in [0.25, 0.3) is 5.91 Å². The third-order valence-corrected chi connectivity index (χ3v) is 3.64. The fourth-order valence-corrected chi connectivity index (χ4v) is 2.52. The summed E-state index contributed by atoms with van der Waals surface area (Å²) >= 11 is 0.